The van der Waals surface area contributed by atoms with E-state index in [1.807, 2.05) is 69.3 Å². The number of nitrogens with zero attached hydrogens (tertiary/aromatic N) is 1. The number of aromatic nitrogens is 1. The molecule has 3 aromatic rings. The Morgan fingerprint density at radius 3 is 2.32 bits per heavy atom. The predicted molar refractivity (Wildman–Crippen MR) is 159 cm³/mol. The second-order valence-corrected chi connectivity index (χ2v) is 11.0. The van der Waals surface area contributed by atoms with Crippen molar-refractivity contribution in [1.82, 2.24) is 10.3 Å². The van der Waals surface area contributed by atoms with Crippen LogP contribution in [0.1, 0.15) is 38.1 Å². The molecule has 4 rings (SSSR count). The van der Waals surface area contributed by atoms with Crippen LogP contribution in [0.5, 0.6) is 11.5 Å². The smallest absolute Gasteiger partial charge is 0.337 e. The number of allylic oxidation sites excluding steroid dienone is 1. The molecule has 3 atom stereocenters. The van der Waals surface area contributed by atoms with E-state index < -0.39 is 29.4 Å². The van der Waals surface area contributed by atoms with Gasteiger partial charge in [0.15, 0.2) is 16.6 Å². The van der Waals surface area contributed by atoms with Crippen LogP contribution in [-0.4, -0.2) is 50.4 Å². The third kappa shape index (κ3) is 5.88. The molecule has 0 saturated heterocycles. The van der Waals surface area contributed by atoms with Crippen molar-refractivity contribution in [3.05, 3.63) is 70.2 Å². The van der Waals surface area contributed by atoms with Crippen LogP contribution in [0, 0.1) is 12.8 Å². The maximum Gasteiger partial charge on any atom is 0.337 e. The van der Waals surface area contributed by atoms with Gasteiger partial charge in [0.1, 0.15) is 5.92 Å². The maximum atomic E-state index is 13.7. The number of benzene rings is 2. The van der Waals surface area contributed by atoms with Gasteiger partial charge in [-0.25, -0.2) is 9.78 Å². The normalized spacial score (nSPS) is 20.2. The van der Waals surface area contributed by atoms with E-state index in [1.165, 1.54) is 11.3 Å². The third-order valence-corrected chi connectivity index (χ3v) is 8.16. The van der Waals surface area contributed by atoms with Crippen molar-refractivity contribution in [3.63, 3.8) is 0 Å². The molecule has 2 heterocycles. The van der Waals surface area contributed by atoms with Gasteiger partial charge in [0.25, 0.3) is 0 Å². The monoisotopic (exact) mass is 579 g/mol. The summed E-state index contributed by atoms with van der Waals surface area (Å²) < 4.78 is 21.9. The van der Waals surface area contributed by atoms with Crippen molar-refractivity contribution in [3.8, 4) is 22.8 Å². The van der Waals surface area contributed by atoms with Gasteiger partial charge in [-0.1, -0.05) is 30.3 Å². The molecular formula is C31H37N3O6S. The predicted octanol–water partition coefficient (Wildman–Crippen LogP) is 5.45. The molecule has 0 spiro atoms. The molecule has 1 aliphatic heterocycles. The first-order chi connectivity index (χ1) is 19.7. The number of nitrogens with one attached hydrogen (secondary N) is 2. The van der Waals surface area contributed by atoms with Crippen LogP contribution in [0.3, 0.4) is 0 Å². The molecule has 2 aromatic carbocycles. The third-order valence-electron chi connectivity index (χ3n) is 7.26. The van der Waals surface area contributed by atoms with Crippen LogP contribution in [-0.2, 0) is 24.6 Å². The Balaban J connectivity index is 1.84. The summed E-state index contributed by atoms with van der Waals surface area (Å²) in [5.41, 5.74) is 2.53. The maximum absolute atomic E-state index is 13.7. The second-order valence-electron chi connectivity index (χ2n) is 9.80. The number of aryl methyl sites for hydroxylation is 1. The Morgan fingerprint density at radius 1 is 1.00 bits per heavy atom. The Hall–Kier alpha value is -4.05. The molecule has 0 saturated carbocycles. The average Bonchev–Trinajstić information content (AvgIpc) is 3.32. The topological polar surface area (TPSA) is 108 Å². The van der Waals surface area contributed by atoms with Crippen LogP contribution < -0.4 is 20.1 Å². The SMILES string of the molecule is CCOC(=O)C1=C(C)NC(C)(c2ccccc2)C(C(=O)OCC)C1Nc1nc(-c2ccc(OC)c(OC)c2)c(C)s1. The highest BCUT2D eigenvalue weighted by Gasteiger charge is 2.53. The van der Waals surface area contributed by atoms with Crippen LogP contribution >= 0.6 is 11.3 Å². The zero-order chi connectivity index (χ0) is 29.7. The quantitative estimate of drug-likeness (QED) is 0.303. The first-order valence-corrected chi connectivity index (χ1v) is 14.3. The van der Waals surface area contributed by atoms with Gasteiger partial charge in [-0.2, -0.15) is 0 Å². The van der Waals surface area contributed by atoms with E-state index in [0.717, 1.165) is 21.7 Å². The number of methoxy groups -OCH3 is 2. The van der Waals surface area contributed by atoms with Crippen LogP contribution in [0.15, 0.2) is 59.8 Å². The fourth-order valence-electron chi connectivity index (χ4n) is 5.39. The van der Waals surface area contributed by atoms with Crippen molar-refractivity contribution in [2.75, 3.05) is 32.8 Å². The highest BCUT2D eigenvalue weighted by molar-refractivity contribution is 7.16. The van der Waals surface area contributed by atoms with Gasteiger partial charge in [-0.05, 0) is 58.4 Å². The minimum atomic E-state index is -0.899. The lowest BCUT2D eigenvalue weighted by Gasteiger charge is -2.47. The van der Waals surface area contributed by atoms with E-state index in [4.69, 9.17) is 23.9 Å². The summed E-state index contributed by atoms with van der Waals surface area (Å²) in [6.45, 7) is 9.66. The summed E-state index contributed by atoms with van der Waals surface area (Å²) in [7, 11) is 3.18. The Labute approximate surface area is 244 Å². The number of thiazole rings is 1. The van der Waals surface area contributed by atoms with Crippen molar-refractivity contribution < 1.29 is 28.5 Å². The fourth-order valence-corrected chi connectivity index (χ4v) is 6.27. The molecule has 0 amide bonds. The first-order valence-electron chi connectivity index (χ1n) is 13.5. The number of ether oxygens (including phenoxy) is 4. The lowest BCUT2D eigenvalue weighted by atomic mass is 9.70. The summed E-state index contributed by atoms with van der Waals surface area (Å²) >= 11 is 1.44. The number of rotatable bonds is 10. The van der Waals surface area contributed by atoms with Gasteiger partial charge in [0.05, 0.1) is 50.3 Å². The molecule has 10 heteroatoms. The van der Waals surface area contributed by atoms with E-state index in [0.29, 0.717) is 27.9 Å². The van der Waals surface area contributed by atoms with Crippen molar-refractivity contribution in [2.45, 2.75) is 46.2 Å². The molecule has 0 radical (unpaired) electrons. The van der Waals surface area contributed by atoms with E-state index >= 15 is 0 Å². The van der Waals surface area contributed by atoms with Gasteiger partial charge in [0, 0.05) is 16.1 Å². The lowest BCUT2D eigenvalue weighted by Crippen LogP contribution is -2.60. The molecule has 0 fully saturated rings. The fraction of sp³-hybridized carbons (Fsp3) is 0.387. The minimum absolute atomic E-state index is 0.197. The number of hydrogen-bond donors (Lipinski definition) is 2. The van der Waals surface area contributed by atoms with Gasteiger partial charge in [-0.3, -0.25) is 4.79 Å². The number of anilines is 1. The van der Waals surface area contributed by atoms with Crippen LogP contribution in [0.25, 0.3) is 11.3 Å². The second kappa shape index (κ2) is 12.6. The number of esters is 2. The van der Waals surface area contributed by atoms with Crippen molar-refractivity contribution in [1.29, 1.82) is 0 Å². The Kier molecular flexibility index (Phi) is 9.22. The summed E-state index contributed by atoms with van der Waals surface area (Å²) in [5.74, 6) is -0.565. The molecule has 3 unspecified atom stereocenters. The molecule has 1 aliphatic rings. The number of carbonyl (C=O) groups excluding carboxylic acids is 2. The van der Waals surface area contributed by atoms with E-state index in [-0.39, 0.29) is 13.2 Å². The molecule has 0 bridgehead atoms. The number of carbonyl (C=O) groups is 2. The van der Waals surface area contributed by atoms with Crippen molar-refractivity contribution in [2.24, 2.45) is 5.92 Å². The van der Waals surface area contributed by atoms with E-state index in [9.17, 15) is 9.59 Å². The molecule has 1 aromatic heterocycles. The van der Waals surface area contributed by atoms with Crippen LogP contribution in [0.2, 0.25) is 0 Å². The van der Waals surface area contributed by atoms with E-state index in [1.54, 1.807) is 28.1 Å². The standard InChI is InChI=1S/C31H37N3O6S/c1-8-39-28(35)24-18(3)34-31(5,21-13-11-10-12-14-21)25(29(36)40-9-2)27(24)33-30-32-26(19(4)41-30)20-15-16-22(37-6)23(17-20)38-7/h10-17,25,27,34H,8-9H2,1-7H3,(H,32,33). The number of hydrogen-bond acceptors (Lipinski definition) is 10. The largest absolute Gasteiger partial charge is 0.493 e. The molecule has 9 nitrogen and oxygen atoms in total. The molecule has 2 N–H and O–H groups in total. The van der Waals surface area contributed by atoms with Crippen LogP contribution in [0.4, 0.5) is 5.13 Å². The summed E-state index contributed by atoms with van der Waals surface area (Å²) in [6, 6.07) is 14.5. The Bertz CT molecular complexity index is 1440. The summed E-state index contributed by atoms with van der Waals surface area (Å²) in [6.07, 6.45) is 0. The van der Waals surface area contributed by atoms with Gasteiger partial charge < -0.3 is 29.6 Å². The van der Waals surface area contributed by atoms with E-state index in [2.05, 4.69) is 10.6 Å². The highest BCUT2D eigenvalue weighted by Crippen LogP contribution is 2.43. The molecule has 41 heavy (non-hydrogen) atoms. The lowest BCUT2D eigenvalue weighted by molar-refractivity contribution is -0.152. The molecule has 218 valence electrons. The summed E-state index contributed by atoms with van der Waals surface area (Å²) in [4.78, 5) is 32.9. The van der Waals surface area contributed by atoms with Crippen molar-refractivity contribution >= 4 is 28.4 Å². The zero-order valence-electron chi connectivity index (χ0n) is 24.5. The molecular weight excluding hydrogens is 542 g/mol. The van der Waals surface area contributed by atoms with Gasteiger partial charge >= 0.3 is 11.9 Å². The zero-order valence-corrected chi connectivity index (χ0v) is 25.3. The first kappa shape index (κ1) is 29.9. The van der Waals surface area contributed by atoms with Gasteiger partial charge in [-0.15, -0.1) is 11.3 Å². The van der Waals surface area contributed by atoms with Gasteiger partial charge in [0.2, 0.25) is 0 Å². The molecule has 0 aliphatic carbocycles. The average molecular weight is 580 g/mol. The summed E-state index contributed by atoms with van der Waals surface area (Å²) in [5, 5.41) is 7.47. The Morgan fingerprint density at radius 2 is 1.68 bits per heavy atom. The minimum Gasteiger partial charge on any atom is -0.493 e. The highest BCUT2D eigenvalue weighted by atomic mass is 32.1.